The van der Waals surface area contributed by atoms with Gasteiger partial charge < -0.3 is 15.0 Å². The fourth-order valence-corrected chi connectivity index (χ4v) is 3.70. The molecular formula is C22H30N4O2. The quantitative estimate of drug-likeness (QED) is 0.843. The monoisotopic (exact) mass is 382 g/mol. The molecular weight excluding hydrogens is 352 g/mol. The van der Waals surface area contributed by atoms with E-state index in [-0.39, 0.29) is 12.5 Å². The van der Waals surface area contributed by atoms with E-state index >= 15 is 0 Å². The number of rotatable bonds is 5. The molecule has 1 aromatic heterocycles. The summed E-state index contributed by atoms with van der Waals surface area (Å²) in [5, 5.41) is 2.96. The van der Waals surface area contributed by atoms with Crippen molar-refractivity contribution in [2.75, 3.05) is 29.9 Å². The zero-order chi connectivity index (χ0) is 20.1. The number of aromatic nitrogens is 2. The summed E-state index contributed by atoms with van der Waals surface area (Å²) >= 11 is 0. The normalized spacial score (nSPS) is 14.5. The average Bonchev–Trinajstić information content (AvgIpc) is 2.92. The molecule has 0 atom stereocenters. The van der Waals surface area contributed by atoms with Crippen molar-refractivity contribution in [1.82, 2.24) is 9.97 Å². The van der Waals surface area contributed by atoms with E-state index in [0.29, 0.717) is 11.8 Å². The molecule has 2 heterocycles. The third-order valence-corrected chi connectivity index (χ3v) is 5.00. The van der Waals surface area contributed by atoms with Gasteiger partial charge in [-0.25, -0.2) is 4.98 Å². The molecule has 28 heavy (non-hydrogen) atoms. The van der Waals surface area contributed by atoms with E-state index in [0.717, 1.165) is 48.4 Å². The number of ether oxygens (including phenoxy) is 1. The number of benzene rings is 1. The number of hydrogen-bond donors (Lipinski definition) is 1. The molecule has 0 saturated carbocycles. The summed E-state index contributed by atoms with van der Waals surface area (Å²) in [5.74, 6) is 0.949. The number of anilines is 2. The zero-order valence-electron chi connectivity index (χ0n) is 17.3. The van der Waals surface area contributed by atoms with Crippen LogP contribution in [0.3, 0.4) is 0 Å². The highest BCUT2D eigenvalue weighted by Crippen LogP contribution is 2.22. The SMILES string of the molecule is Cc1cc(C)c(NC(=O)COc2cc(C)nc(N3CCCCCC3)n2)c(C)c1. The summed E-state index contributed by atoms with van der Waals surface area (Å²) in [4.78, 5) is 23.7. The lowest BCUT2D eigenvalue weighted by Crippen LogP contribution is -2.27. The molecule has 0 spiro atoms. The fourth-order valence-electron chi connectivity index (χ4n) is 3.70. The van der Waals surface area contributed by atoms with Crippen molar-refractivity contribution >= 4 is 17.5 Å². The van der Waals surface area contributed by atoms with Crippen molar-refractivity contribution in [2.45, 2.75) is 53.4 Å². The minimum atomic E-state index is -0.192. The summed E-state index contributed by atoms with van der Waals surface area (Å²) in [6.07, 6.45) is 4.82. The maximum absolute atomic E-state index is 12.4. The van der Waals surface area contributed by atoms with Crippen molar-refractivity contribution in [1.29, 1.82) is 0 Å². The number of aryl methyl sites for hydroxylation is 4. The van der Waals surface area contributed by atoms with Gasteiger partial charge in [0.25, 0.3) is 5.91 Å². The molecule has 0 bridgehead atoms. The molecule has 0 aliphatic carbocycles. The lowest BCUT2D eigenvalue weighted by molar-refractivity contribution is -0.118. The molecule has 1 saturated heterocycles. The van der Waals surface area contributed by atoms with Crippen molar-refractivity contribution < 1.29 is 9.53 Å². The Kier molecular flexibility index (Phi) is 6.49. The molecule has 1 N–H and O–H groups in total. The first-order valence-electron chi connectivity index (χ1n) is 10.0. The standard InChI is InChI=1S/C22H30N4O2/c1-15-11-16(2)21(17(3)12-15)24-19(27)14-28-20-13-18(4)23-22(25-20)26-9-7-5-6-8-10-26/h11-13H,5-10,14H2,1-4H3,(H,24,27). The number of amides is 1. The summed E-state index contributed by atoms with van der Waals surface area (Å²) in [7, 11) is 0. The summed E-state index contributed by atoms with van der Waals surface area (Å²) < 4.78 is 5.70. The number of carbonyl (C=O) groups excluding carboxylic acids is 1. The average molecular weight is 383 g/mol. The molecule has 6 heteroatoms. The van der Waals surface area contributed by atoms with Crippen LogP contribution in [-0.4, -0.2) is 35.6 Å². The van der Waals surface area contributed by atoms with Crippen LogP contribution in [0.2, 0.25) is 0 Å². The second-order valence-electron chi connectivity index (χ2n) is 7.66. The van der Waals surface area contributed by atoms with Crippen LogP contribution >= 0.6 is 0 Å². The molecule has 0 radical (unpaired) electrons. The van der Waals surface area contributed by atoms with Gasteiger partial charge in [-0.1, -0.05) is 30.5 Å². The Morgan fingerprint density at radius 3 is 2.29 bits per heavy atom. The predicted molar refractivity (Wildman–Crippen MR) is 112 cm³/mol. The van der Waals surface area contributed by atoms with E-state index < -0.39 is 0 Å². The number of nitrogens with one attached hydrogen (secondary N) is 1. The molecule has 1 aliphatic heterocycles. The molecule has 2 aromatic rings. The first kappa shape index (κ1) is 20.1. The van der Waals surface area contributed by atoms with Gasteiger partial charge in [-0.2, -0.15) is 4.98 Å². The molecule has 0 unspecified atom stereocenters. The fraction of sp³-hybridized carbons (Fsp3) is 0.500. The van der Waals surface area contributed by atoms with E-state index in [4.69, 9.17) is 4.74 Å². The molecule has 1 aromatic carbocycles. The molecule has 3 rings (SSSR count). The maximum Gasteiger partial charge on any atom is 0.262 e. The highest BCUT2D eigenvalue weighted by atomic mass is 16.5. The van der Waals surface area contributed by atoms with Crippen LogP contribution in [0.4, 0.5) is 11.6 Å². The van der Waals surface area contributed by atoms with Crippen molar-refractivity contribution in [3.63, 3.8) is 0 Å². The smallest absolute Gasteiger partial charge is 0.262 e. The molecule has 1 amide bonds. The summed E-state index contributed by atoms with van der Waals surface area (Å²) in [6, 6.07) is 5.90. The van der Waals surface area contributed by atoms with Crippen LogP contribution < -0.4 is 15.0 Å². The van der Waals surface area contributed by atoms with Gasteiger partial charge in [-0.15, -0.1) is 0 Å². The Morgan fingerprint density at radius 2 is 1.64 bits per heavy atom. The van der Waals surface area contributed by atoms with Crippen molar-refractivity contribution in [3.8, 4) is 5.88 Å². The van der Waals surface area contributed by atoms with E-state index in [1.54, 1.807) is 6.07 Å². The zero-order valence-corrected chi connectivity index (χ0v) is 17.3. The number of carbonyl (C=O) groups is 1. The van der Waals surface area contributed by atoms with Crippen LogP contribution in [0, 0.1) is 27.7 Å². The maximum atomic E-state index is 12.4. The van der Waals surface area contributed by atoms with Gasteiger partial charge in [-0.05, 0) is 51.7 Å². The highest BCUT2D eigenvalue weighted by molar-refractivity contribution is 5.93. The van der Waals surface area contributed by atoms with E-state index in [1.807, 2.05) is 27.7 Å². The summed E-state index contributed by atoms with van der Waals surface area (Å²) in [6.45, 7) is 9.83. The predicted octanol–water partition coefficient (Wildman–Crippen LogP) is 4.11. The molecule has 1 aliphatic rings. The third kappa shape index (κ3) is 5.21. The first-order valence-corrected chi connectivity index (χ1v) is 10.0. The number of hydrogen-bond acceptors (Lipinski definition) is 5. The van der Waals surface area contributed by atoms with Crippen LogP contribution in [-0.2, 0) is 4.79 Å². The highest BCUT2D eigenvalue weighted by Gasteiger charge is 2.15. The molecule has 6 nitrogen and oxygen atoms in total. The lowest BCUT2D eigenvalue weighted by Gasteiger charge is -2.21. The van der Waals surface area contributed by atoms with E-state index in [1.165, 1.54) is 18.4 Å². The topological polar surface area (TPSA) is 67.3 Å². The van der Waals surface area contributed by atoms with E-state index in [2.05, 4.69) is 32.3 Å². The van der Waals surface area contributed by atoms with Crippen molar-refractivity contribution in [3.05, 3.63) is 40.6 Å². The lowest BCUT2D eigenvalue weighted by atomic mass is 10.1. The first-order chi connectivity index (χ1) is 13.4. The van der Waals surface area contributed by atoms with Gasteiger partial charge in [0, 0.05) is 30.5 Å². The van der Waals surface area contributed by atoms with Crippen LogP contribution in [0.15, 0.2) is 18.2 Å². The van der Waals surface area contributed by atoms with Crippen LogP contribution in [0.25, 0.3) is 0 Å². The Balaban J connectivity index is 1.65. The van der Waals surface area contributed by atoms with Gasteiger partial charge in [0.1, 0.15) is 0 Å². The van der Waals surface area contributed by atoms with Gasteiger partial charge in [0.15, 0.2) is 6.61 Å². The molecule has 1 fully saturated rings. The third-order valence-electron chi connectivity index (χ3n) is 5.00. The number of nitrogens with zero attached hydrogens (tertiary/aromatic N) is 3. The van der Waals surface area contributed by atoms with Gasteiger partial charge >= 0.3 is 0 Å². The Hall–Kier alpha value is -2.63. The molecule has 150 valence electrons. The van der Waals surface area contributed by atoms with Gasteiger partial charge in [-0.3, -0.25) is 4.79 Å². The van der Waals surface area contributed by atoms with Gasteiger partial charge in [0.05, 0.1) is 0 Å². The van der Waals surface area contributed by atoms with Crippen molar-refractivity contribution in [2.24, 2.45) is 0 Å². The minimum Gasteiger partial charge on any atom is -0.467 e. The Morgan fingerprint density at radius 1 is 1.00 bits per heavy atom. The second kappa shape index (κ2) is 9.04. The largest absolute Gasteiger partial charge is 0.467 e. The second-order valence-corrected chi connectivity index (χ2v) is 7.66. The van der Waals surface area contributed by atoms with Crippen LogP contribution in [0.5, 0.6) is 5.88 Å². The summed E-state index contributed by atoms with van der Waals surface area (Å²) in [5.41, 5.74) is 4.97. The minimum absolute atomic E-state index is 0.0807. The van der Waals surface area contributed by atoms with Crippen LogP contribution in [0.1, 0.15) is 48.1 Å². The Bertz CT molecular complexity index is 819. The Labute approximate surface area is 167 Å². The van der Waals surface area contributed by atoms with E-state index in [9.17, 15) is 4.79 Å². The van der Waals surface area contributed by atoms with Gasteiger partial charge in [0.2, 0.25) is 11.8 Å².